The van der Waals surface area contributed by atoms with Gasteiger partial charge in [0.15, 0.2) is 21.3 Å². The lowest BCUT2D eigenvalue weighted by atomic mass is 9.93. The molecule has 0 N–H and O–H groups in total. The zero-order chi connectivity index (χ0) is 14.6. The smallest absolute Gasteiger partial charge is 0.186 e. The van der Waals surface area contributed by atoms with Crippen molar-refractivity contribution in [2.45, 2.75) is 36.2 Å². The normalized spacial score (nSPS) is 30.6. The van der Waals surface area contributed by atoms with Crippen molar-refractivity contribution >= 4 is 21.3 Å². The predicted octanol–water partition coefficient (Wildman–Crippen LogP) is 1.27. The number of nitrogens with zero attached hydrogens (tertiary/aromatic N) is 3. The van der Waals surface area contributed by atoms with E-state index in [1.54, 1.807) is 18.3 Å². The molecule has 0 spiro atoms. The molecule has 21 heavy (non-hydrogen) atoms. The molecule has 0 aliphatic carbocycles. The van der Waals surface area contributed by atoms with Gasteiger partial charge in [0.25, 0.3) is 0 Å². The van der Waals surface area contributed by atoms with Crippen LogP contribution in [0.4, 0.5) is 0 Å². The zero-order valence-corrected chi connectivity index (χ0v) is 12.2. The SMILES string of the molecule is O=C(c1cnc2cccnn12)C1CC2CCC(C1)S2(=O)=O. The third-order valence-corrected chi connectivity index (χ3v) is 7.45. The second kappa shape index (κ2) is 4.37. The molecule has 2 aliphatic heterocycles. The molecular formula is C14H15N3O3S. The van der Waals surface area contributed by atoms with Crippen molar-refractivity contribution in [2.75, 3.05) is 0 Å². The van der Waals surface area contributed by atoms with Gasteiger partial charge in [-0.05, 0) is 37.8 Å². The van der Waals surface area contributed by atoms with Crippen molar-refractivity contribution in [1.82, 2.24) is 14.6 Å². The van der Waals surface area contributed by atoms with Gasteiger partial charge in [0, 0.05) is 12.1 Å². The number of ketones is 1. The number of Topliss-reactive ketones (excluding diaryl/α,β-unsaturated/α-hetero) is 1. The molecule has 0 saturated carbocycles. The number of sulfone groups is 1. The van der Waals surface area contributed by atoms with E-state index in [4.69, 9.17) is 0 Å². The van der Waals surface area contributed by atoms with E-state index in [0.717, 1.165) is 0 Å². The minimum Gasteiger partial charge on any atom is -0.292 e. The lowest BCUT2D eigenvalue weighted by Crippen LogP contribution is -2.36. The molecule has 2 bridgehead atoms. The Morgan fingerprint density at radius 3 is 2.67 bits per heavy atom. The van der Waals surface area contributed by atoms with Gasteiger partial charge in [-0.15, -0.1) is 0 Å². The Bertz CT molecular complexity index is 807. The van der Waals surface area contributed by atoms with Crippen molar-refractivity contribution in [1.29, 1.82) is 0 Å². The van der Waals surface area contributed by atoms with Gasteiger partial charge in [0.2, 0.25) is 0 Å². The molecule has 2 saturated heterocycles. The van der Waals surface area contributed by atoms with Crippen LogP contribution in [0, 0.1) is 5.92 Å². The maximum absolute atomic E-state index is 12.7. The van der Waals surface area contributed by atoms with Crippen LogP contribution in [-0.4, -0.2) is 39.3 Å². The van der Waals surface area contributed by atoms with Gasteiger partial charge >= 0.3 is 0 Å². The van der Waals surface area contributed by atoms with E-state index in [1.165, 1.54) is 10.7 Å². The Hall–Kier alpha value is -1.76. The molecule has 4 heterocycles. The van der Waals surface area contributed by atoms with E-state index < -0.39 is 9.84 Å². The quantitative estimate of drug-likeness (QED) is 0.780. The van der Waals surface area contributed by atoms with Gasteiger partial charge < -0.3 is 0 Å². The van der Waals surface area contributed by atoms with Crippen LogP contribution >= 0.6 is 0 Å². The molecule has 0 amide bonds. The second-order valence-electron chi connectivity index (χ2n) is 5.88. The molecule has 2 aromatic rings. The molecular weight excluding hydrogens is 290 g/mol. The van der Waals surface area contributed by atoms with Gasteiger partial charge in [-0.2, -0.15) is 5.10 Å². The first kappa shape index (κ1) is 12.9. The highest BCUT2D eigenvalue weighted by molar-refractivity contribution is 7.93. The third kappa shape index (κ3) is 1.83. The second-order valence-corrected chi connectivity index (χ2v) is 8.39. The summed E-state index contributed by atoms with van der Waals surface area (Å²) in [6.07, 6.45) is 5.43. The van der Waals surface area contributed by atoms with Crippen LogP contribution in [0.25, 0.3) is 5.65 Å². The highest BCUT2D eigenvalue weighted by Gasteiger charge is 2.48. The first-order valence-corrected chi connectivity index (χ1v) is 8.74. The molecule has 0 aromatic carbocycles. The van der Waals surface area contributed by atoms with Gasteiger partial charge in [-0.25, -0.2) is 17.9 Å². The number of imidazole rings is 1. The van der Waals surface area contributed by atoms with E-state index in [9.17, 15) is 13.2 Å². The van der Waals surface area contributed by atoms with Gasteiger partial charge in [0.1, 0.15) is 5.69 Å². The van der Waals surface area contributed by atoms with Crippen molar-refractivity contribution in [3.63, 3.8) is 0 Å². The first-order chi connectivity index (χ1) is 10.1. The van der Waals surface area contributed by atoms with Crippen molar-refractivity contribution in [2.24, 2.45) is 5.92 Å². The fourth-order valence-electron chi connectivity index (χ4n) is 3.63. The minimum atomic E-state index is -3.00. The van der Waals surface area contributed by atoms with E-state index in [0.29, 0.717) is 37.0 Å². The molecule has 2 atom stereocenters. The van der Waals surface area contributed by atoms with Crippen LogP contribution in [0.5, 0.6) is 0 Å². The van der Waals surface area contributed by atoms with Gasteiger partial charge in [0.05, 0.1) is 16.7 Å². The van der Waals surface area contributed by atoms with Gasteiger partial charge in [-0.3, -0.25) is 4.79 Å². The van der Waals surface area contributed by atoms with E-state index in [2.05, 4.69) is 10.1 Å². The lowest BCUT2D eigenvalue weighted by molar-refractivity contribution is 0.0898. The fraction of sp³-hybridized carbons (Fsp3) is 0.500. The van der Waals surface area contributed by atoms with Crippen molar-refractivity contribution in [3.8, 4) is 0 Å². The van der Waals surface area contributed by atoms with Crippen LogP contribution < -0.4 is 0 Å². The molecule has 6 nitrogen and oxygen atoms in total. The maximum atomic E-state index is 12.7. The monoisotopic (exact) mass is 305 g/mol. The molecule has 110 valence electrons. The number of hydrogen-bond donors (Lipinski definition) is 0. The molecule has 2 unspecified atom stereocenters. The summed E-state index contributed by atoms with van der Waals surface area (Å²) >= 11 is 0. The lowest BCUT2D eigenvalue weighted by Gasteiger charge is -2.26. The summed E-state index contributed by atoms with van der Waals surface area (Å²) in [5.74, 6) is -0.263. The number of hydrogen-bond acceptors (Lipinski definition) is 5. The number of carbonyl (C=O) groups excluding carboxylic acids is 1. The molecule has 0 radical (unpaired) electrons. The Balaban J connectivity index is 1.68. The maximum Gasteiger partial charge on any atom is 0.186 e. The highest BCUT2D eigenvalue weighted by Crippen LogP contribution is 2.42. The predicted molar refractivity (Wildman–Crippen MR) is 75.8 cm³/mol. The van der Waals surface area contributed by atoms with Crippen LogP contribution in [-0.2, 0) is 9.84 Å². The van der Waals surface area contributed by atoms with Gasteiger partial charge in [-0.1, -0.05) is 0 Å². The van der Waals surface area contributed by atoms with Crippen LogP contribution in [0.2, 0.25) is 0 Å². The van der Waals surface area contributed by atoms with Crippen LogP contribution in [0.1, 0.15) is 36.2 Å². The standard InChI is InChI=1S/C14H15N3O3S/c18-14(12-8-15-13-2-1-5-16-17(12)13)9-6-10-3-4-11(7-9)21(10,19)20/h1-2,5,8-11H,3-4,6-7H2. The Labute approximate surface area is 122 Å². The summed E-state index contributed by atoms with van der Waals surface area (Å²) < 4.78 is 25.7. The average Bonchev–Trinajstić information content (AvgIpc) is 2.90. The fourth-order valence-corrected chi connectivity index (χ4v) is 6.10. The van der Waals surface area contributed by atoms with E-state index >= 15 is 0 Å². The largest absolute Gasteiger partial charge is 0.292 e. The molecule has 2 fully saturated rings. The third-order valence-electron chi connectivity index (χ3n) is 4.74. The summed E-state index contributed by atoms with van der Waals surface area (Å²) in [6, 6.07) is 3.56. The van der Waals surface area contributed by atoms with E-state index in [-0.39, 0.29) is 22.2 Å². The van der Waals surface area contributed by atoms with Crippen molar-refractivity contribution in [3.05, 3.63) is 30.2 Å². The summed E-state index contributed by atoms with van der Waals surface area (Å²) in [6.45, 7) is 0. The Morgan fingerprint density at radius 1 is 1.24 bits per heavy atom. The highest BCUT2D eigenvalue weighted by atomic mass is 32.2. The summed E-state index contributed by atoms with van der Waals surface area (Å²) in [5, 5.41) is 3.48. The number of carbonyl (C=O) groups is 1. The van der Waals surface area contributed by atoms with Crippen LogP contribution in [0.3, 0.4) is 0 Å². The summed E-state index contributed by atoms with van der Waals surface area (Å²) in [4.78, 5) is 16.9. The summed E-state index contributed by atoms with van der Waals surface area (Å²) in [5.41, 5.74) is 1.08. The van der Waals surface area contributed by atoms with Crippen molar-refractivity contribution < 1.29 is 13.2 Å². The number of aromatic nitrogens is 3. The first-order valence-electron chi connectivity index (χ1n) is 7.13. The number of rotatable bonds is 2. The summed E-state index contributed by atoms with van der Waals surface area (Å²) in [7, 11) is -3.00. The Kier molecular flexibility index (Phi) is 2.69. The molecule has 2 aromatic heterocycles. The number of fused-ring (bicyclic) bond motifs is 3. The molecule has 2 aliphatic rings. The average molecular weight is 305 g/mol. The molecule has 7 heteroatoms. The Morgan fingerprint density at radius 2 is 1.95 bits per heavy atom. The van der Waals surface area contributed by atoms with Crippen LogP contribution in [0.15, 0.2) is 24.5 Å². The topological polar surface area (TPSA) is 81.4 Å². The minimum absolute atomic E-state index is 0.0343. The van der Waals surface area contributed by atoms with E-state index in [1.807, 2.05) is 0 Å². The zero-order valence-electron chi connectivity index (χ0n) is 11.3. The molecule has 4 rings (SSSR count).